The second kappa shape index (κ2) is 6.22. The predicted octanol–water partition coefficient (Wildman–Crippen LogP) is 2.91. The van der Waals surface area contributed by atoms with Crippen LogP contribution in [0, 0.1) is 5.92 Å². The third kappa shape index (κ3) is 3.30. The zero-order chi connectivity index (χ0) is 15.5. The second-order valence-corrected chi connectivity index (χ2v) is 6.07. The molecule has 1 aromatic heterocycles. The molecule has 1 fully saturated rings. The zero-order valence-corrected chi connectivity index (χ0v) is 13.1. The highest BCUT2D eigenvalue weighted by Crippen LogP contribution is 2.24. The van der Waals surface area contributed by atoms with Crippen molar-refractivity contribution in [3.8, 4) is 0 Å². The first-order valence-electron chi connectivity index (χ1n) is 7.77. The summed E-state index contributed by atoms with van der Waals surface area (Å²) >= 11 is 0. The minimum atomic E-state index is -0.132. The molecule has 1 aromatic carbocycles. The lowest BCUT2D eigenvalue weighted by Crippen LogP contribution is -2.32. The topological polar surface area (TPSA) is 50.2 Å². The molecule has 0 radical (unpaired) electrons. The molecular formula is C17H22N4O. The number of hydrogen-bond donors (Lipinski definition) is 1. The van der Waals surface area contributed by atoms with Crippen LogP contribution in [0.2, 0.25) is 0 Å². The molecule has 0 spiro atoms. The average Bonchev–Trinajstić information content (AvgIpc) is 2.96. The minimum absolute atomic E-state index is 0.132. The highest BCUT2D eigenvalue weighted by molar-refractivity contribution is 6.03. The van der Waals surface area contributed by atoms with Crippen molar-refractivity contribution in [2.75, 3.05) is 23.3 Å². The fourth-order valence-corrected chi connectivity index (χ4v) is 2.76. The number of carbonyl (C=O) groups excluding carboxylic acids is 1. The summed E-state index contributed by atoms with van der Waals surface area (Å²) < 4.78 is 1.62. The van der Waals surface area contributed by atoms with Gasteiger partial charge in [0.15, 0.2) is 0 Å². The van der Waals surface area contributed by atoms with Crippen LogP contribution in [0.25, 0.3) is 0 Å². The molecule has 5 heteroatoms. The summed E-state index contributed by atoms with van der Waals surface area (Å²) in [4.78, 5) is 14.5. The molecule has 0 atom stereocenters. The largest absolute Gasteiger partial charge is 0.372 e. The van der Waals surface area contributed by atoms with E-state index in [1.54, 1.807) is 24.1 Å². The lowest BCUT2D eigenvalue weighted by atomic mass is 9.99. The molecular weight excluding hydrogens is 276 g/mol. The average molecular weight is 298 g/mol. The van der Waals surface area contributed by atoms with E-state index in [0.29, 0.717) is 5.56 Å². The third-order valence-corrected chi connectivity index (χ3v) is 4.24. The molecule has 22 heavy (non-hydrogen) atoms. The zero-order valence-electron chi connectivity index (χ0n) is 13.1. The maximum atomic E-state index is 12.1. The molecule has 1 aliphatic heterocycles. The summed E-state index contributed by atoms with van der Waals surface area (Å²) in [6.07, 6.45) is 5.77. The number of aromatic nitrogens is 2. The van der Waals surface area contributed by atoms with Crippen LogP contribution in [0.3, 0.4) is 0 Å². The van der Waals surface area contributed by atoms with Gasteiger partial charge in [-0.15, -0.1) is 0 Å². The summed E-state index contributed by atoms with van der Waals surface area (Å²) in [7, 11) is 1.80. The Bertz CT molecular complexity index is 639. The van der Waals surface area contributed by atoms with Crippen molar-refractivity contribution in [2.45, 2.75) is 19.8 Å². The summed E-state index contributed by atoms with van der Waals surface area (Å²) in [5.74, 6) is 0.696. The molecule has 1 amide bonds. The van der Waals surface area contributed by atoms with E-state index >= 15 is 0 Å². The van der Waals surface area contributed by atoms with Gasteiger partial charge in [-0.2, -0.15) is 5.10 Å². The molecule has 5 nitrogen and oxygen atoms in total. The molecule has 1 saturated heterocycles. The minimum Gasteiger partial charge on any atom is -0.372 e. The third-order valence-electron chi connectivity index (χ3n) is 4.24. The number of rotatable bonds is 3. The molecule has 0 unspecified atom stereocenters. The van der Waals surface area contributed by atoms with Gasteiger partial charge in [0, 0.05) is 37.7 Å². The highest BCUT2D eigenvalue weighted by atomic mass is 16.1. The monoisotopic (exact) mass is 298 g/mol. The van der Waals surface area contributed by atoms with Crippen molar-refractivity contribution in [1.82, 2.24) is 9.78 Å². The Morgan fingerprint density at radius 2 is 1.91 bits per heavy atom. The molecule has 2 aromatic rings. The SMILES string of the molecule is CC1CCN(c2ccc(NC(=O)c3cnn(C)c3)cc2)CC1. The van der Waals surface area contributed by atoms with E-state index in [4.69, 9.17) is 0 Å². The fourth-order valence-electron chi connectivity index (χ4n) is 2.76. The van der Waals surface area contributed by atoms with Crippen LogP contribution in [-0.4, -0.2) is 28.8 Å². The number of aryl methyl sites for hydroxylation is 1. The summed E-state index contributed by atoms with van der Waals surface area (Å²) in [5, 5.41) is 6.91. The van der Waals surface area contributed by atoms with E-state index in [2.05, 4.69) is 34.4 Å². The van der Waals surface area contributed by atoms with Gasteiger partial charge in [-0.05, 0) is 43.0 Å². The molecule has 116 valence electrons. The van der Waals surface area contributed by atoms with Gasteiger partial charge >= 0.3 is 0 Å². The lowest BCUT2D eigenvalue weighted by Gasteiger charge is -2.32. The normalized spacial score (nSPS) is 15.8. The Hall–Kier alpha value is -2.30. The van der Waals surface area contributed by atoms with Gasteiger partial charge in [0.2, 0.25) is 0 Å². The maximum absolute atomic E-state index is 12.1. The van der Waals surface area contributed by atoms with E-state index in [-0.39, 0.29) is 5.91 Å². The van der Waals surface area contributed by atoms with Crippen molar-refractivity contribution in [3.05, 3.63) is 42.2 Å². The molecule has 0 aliphatic carbocycles. The number of carbonyl (C=O) groups is 1. The first kappa shape index (κ1) is 14.6. The fraction of sp³-hybridized carbons (Fsp3) is 0.412. The Morgan fingerprint density at radius 3 is 2.50 bits per heavy atom. The number of piperidine rings is 1. The summed E-state index contributed by atoms with van der Waals surface area (Å²) in [6, 6.07) is 8.08. The number of nitrogens with zero attached hydrogens (tertiary/aromatic N) is 3. The van der Waals surface area contributed by atoms with Crippen LogP contribution >= 0.6 is 0 Å². The van der Waals surface area contributed by atoms with Crippen LogP contribution in [0.1, 0.15) is 30.1 Å². The van der Waals surface area contributed by atoms with Crippen LogP contribution in [-0.2, 0) is 7.05 Å². The smallest absolute Gasteiger partial charge is 0.258 e. The molecule has 2 heterocycles. The number of benzene rings is 1. The first-order chi connectivity index (χ1) is 10.6. The van der Waals surface area contributed by atoms with Crippen LogP contribution in [0.5, 0.6) is 0 Å². The van der Waals surface area contributed by atoms with Gasteiger partial charge in [0.1, 0.15) is 0 Å². The summed E-state index contributed by atoms with van der Waals surface area (Å²) in [5.41, 5.74) is 2.60. The van der Waals surface area contributed by atoms with Crippen molar-refractivity contribution in [1.29, 1.82) is 0 Å². The van der Waals surface area contributed by atoms with Crippen LogP contribution in [0.4, 0.5) is 11.4 Å². The van der Waals surface area contributed by atoms with Gasteiger partial charge < -0.3 is 10.2 Å². The van der Waals surface area contributed by atoms with E-state index in [0.717, 1.165) is 24.7 Å². The van der Waals surface area contributed by atoms with Gasteiger partial charge in [-0.1, -0.05) is 6.92 Å². The predicted molar refractivity (Wildman–Crippen MR) is 88.2 cm³/mol. The summed E-state index contributed by atoms with van der Waals surface area (Å²) in [6.45, 7) is 4.54. The lowest BCUT2D eigenvalue weighted by molar-refractivity contribution is 0.102. The Balaban J connectivity index is 1.63. The molecule has 0 bridgehead atoms. The van der Waals surface area contributed by atoms with Crippen molar-refractivity contribution in [2.24, 2.45) is 13.0 Å². The molecule has 1 N–H and O–H groups in total. The maximum Gasteiger partial charge on any atom is 0.258 e. The number of amides is 1. The molecule has 3 rings (SSSR count). The quantitative estimate of drug-likeness (QED) is 0.948. The van der Waals surface area contributed by atoms with Crippen molar-refractivity contribution < 1.29 is 4.79 Å². The van der Waals surface area contributed by atoms with E-state index in [1.807, 2.05) is 12.1 Å². The Kier molecular flexibility index (Phi) is 4.13. The Labute approximate surface area is 130 Å². The first-order valence-corrected chi connectivity index (χ1v) is 7.77. The van der Waals surface area contributed by atoms with Gasteiger partial charge in [0.25, 0.3) is 5.91 Å². The number of nitrogens with one attached hydrogen (secondary N) is 1. The van der Waals surface area contributed by atoms with E-state index < -0.39 is 0 Å². The van der Waals surface area contributed by atoms with Crippen molar-refractivity contribution in [3.63, 3.8) is 0 Å². The molecule has 1 aliphatic rings. The highest BCUT2D eigenvalue weighted by Gasteiger charge is 2.16. The van der Waals surface area contributed by atoms with E-state index in [1.165, 1.54) is 18.5 Å². The molecule has 0 saturated carbocycles. The standard InChI is InChI=1S/C17H22N4O/c1-13-7-9-21(10-8-13)16-5-3-15(4-6-16)19-17(22)14-11-18-20(2)12-14/h3-6,11-13H,7-10H2,1-2H3,(H,19,22). The van der Waals surface area contributed by atoms with Gasteiger partial charge in [0.05, 0.1) is 11.8 Å². The number of hydrogen-bond acceptors (Lipinski definition) is 3. The van der Waals surface area contributed by atoms with Gasteiger partial charge in [-0.3, -0.25) is 9.48 Å². The number of anilines is 2. The Morgan fingerprint density at radius 1 is 1.23 bits per heavy atom. The second-order valence-electron chi connectivity index (χ2n) is 6.07. The van der Waals surface area contributed by atoms with Crippen molar-refractivity contribution >= 4 is 17.3 Å². The van der Waals surface area contributed by atoms with Crippen LogP contribution in [0.15, 0.2) is 36.7 Å². The van der Waals surface area contributed by atoms with Gasteiger partial charge in [-0.25, -0.2) is 0 Å². The van der Waals surface area contributed by atoms with Crippen LogP contribution < -0.4 is 10.2 Å². The van der Waals surface area contributed by atoms with E-state index in [9.17, 15) is 4.79 Å².